The molecule has 1 amide bonds. The zero-order valence-electron chi connectivity index (χ0n) is 21.1. The highest BCUT2D eigenvalue weighted by molar-refractivity contribution is 6.51. The lowest BCUT2D eigenvalue weighted by Gasteiger charge is -2.26. The molecule has 7 nitrogen and oxygen atoms in total. The number of rotatable bonds is 7. The quantitative estimate of drug-likeness (QED) is 0.265. The number of nitrogens with zero attached hydrogens (tertiary/aromatic N) is 1. The van der Waals surface area contributed by atoms with E-state index in [1.54, 1.807) is 36.4 Å². The lowest BCUT2D eigenvalue weighted by atomic mass is 9.94. The Morgan fingerprint density at radius 2 is 1.84 bits per heavy atom. The number of aliphatic hydroxyl groups is 1. The molecule has 0 saturated carbocycles. The van der Waals surface area contributed by atoms with Gasteiger partial charge in [0.05, 0.1) is 30.9 Å². The first-order valence-electron chi connectivity index (χ1n) is 12.4. The summed E-state index contributed by atoms with van der Waals surface area (Å²) >= 11 is 0. The van der Waals surface area contributed by atoms with E-state index in [4.69, 9.17) is 14.2 Å². The van der Waals surface area contributed by atoms with Crippen LogP contribution in [0.15, 0.2) is 72.3 Å². The van der Waals surface area contributed by atoms with Crippen molar-refractivity contribution in [1.82, 2.24) is 0 Å². The maximum atomic E-state index is 13.5. The molecule has 0 spiro atoms. The van der Waals surface area contributed by atoms with E-state index < -0.39 is 17.7 Å². The minimum atomic E-state index is -0.849. The Bertz CT molecular complexity index is 1380. The number of hydrogen-bond donors (Lipinski definition) is 1. The van der Waals surface area contributed by atoms with Crippen molar-refractivity contribution >= 4 is 23.1 Å². The van der Waals surface area contributed by atoms with E-state index in [1.807, 2.05) is 51.1 Å². The van der Waals surface area contributed by atoms with Gasteiger partial charge in [0.1, 0.15) is 23.0 Å². The number of carbonyl (C=O) groups excluding carboxylic acids is 2. The Labute approximate surface area is 215 Å². The molecule has 0 bridgehead atoms. The van der Waals surface area contributed by atoms with Crippen LogP contribution in [0, 0.1) is 0 Å². The number of anilines is 1. The number of carbonyl (C=O) groups is 2. The van der Waals surface area contributed by atoms with Crippen LogP contribution in [0.5, 0.6) is 17.2 Å². The van der Waals surface area contributed by atoms with E-state index in [-0.39, 0.29) is 17.4 Å². The van der Waals surface area contributed by atoms with E-state index in [2.05, 4.69) is 0 Å². The van der Waals surface area contributed by atoms with Crippen molar-refractivity contribution in [3.05, 3.63) is 89.0 Å². The zero-order chi connectivity index (χ0) is 26.1. The van der Waals surface area contributed by atoms with E-state index in [9.17, 15) is 14.7 Å². The van der Waals surface area contributed by atoms with Crippen LogP contribution >= 0.6 is 0 Å². The van der Waals surface area contributed by atoms with Crippen molar-refractivity contribution in [3.8, 4) is 17.2 Å². The van der Waals surface area contributed by atoms with Gasteiger partial charge >= 0.3 is 0 Å². The van der Waals surface area contributed by atoms with Crippen LogP contribution in [0.2, 0.25) is 0 Å². The van der Waals surface area contributed by atoms with Crippen molar-refractivity contribution in [1.29, 1.82) is 0 Å². The van der Waals surface area contributed by atoms with Gasteiger partial charge in [-0.15, -0.1) is 0 Å². The van der Waals surface area contributed by atoms with E-state index in [1.165, 1.54) is 4.90 Å². The fourth-order valence-corrected chi connectivity index (χ4v) is 4.80. The Morgan fingerprint density at radius 3 is 2.57 bits per heavy atom. The highest BCUT2D eigenvalue weighted by Gasteiger charge is 2.47. The highest BCUT2D eigenvalue weighted by Crippen LogP contribution is 2.43. The summed E-state index contributed by atoms with van der Waals surface area (Å²) in [6, 6.07) is 18.7. The van der Waals surface area contributed by atoms with Crippen LogP contribution in [-0.4, -0.2) is 36.1 Å². The van der Waals surface area contributed by atoms with Crippen LogP contribution in [0.25, 0.3) is 5.76 Å². The molecular formula is C30H29NO6. The fraction of sp³-hybridized carbons (Fsp3) is 0.267. The van der Waals surface area contributed by atoms with Gasteiger partial charge in [0.15, 0.2) is 0 Å². The third-order valence-corrected chi connectivity index (χ3v) is 6.38. The summed E-state index contributed by atoms with van der Waals surface area (Å²) in [6.45, 7) is 6.83. The molecular weight excluding hydrogens is 470 g/mol. The molecule has 7 heteroatoms. The molecule has 0 aliphatic carbocycles. The summed E-state index contributed by atoms with van der Waals surface area (Å²) in [7, 11) is 0. The first-order valence-corrected chi connectivity index (χ1v) is 12.4. The molecule has 1 atom stereocenters. The molecule has 2 heterocycles. The summed E-state index contributed by atoms with van der Waals surface area (Å²) in [5.74, 6) is 0.355. The number of ketones is 1. The molecule has 1 fully saturated rings. The Morgan fingerprint density at radius 1 is 1.05 bits per heavy atom. The molecule has 3 aromatic carbocycles. The largest absolute Gasteiger partial charge is 0.507 e. The van der Waals surface area contributed by atoms with Gasteiger partial charge in [-0.05, 0) is 86.5 Å². The van der Waals surface area contributed by atoms with Crippen molar-refractivity contribution in [2.24, 2.45) is 0 Å². The zero-order valence-corrected chi connectivity index (χ0v) is 21.1. The normalized spacial score (nSPS) is 18.2. The van der Waals surface area contributed by atoms with Gasteiger partial charge < -0.3 is 19.3 Å². The Hall–Kier alpha value is -4.26. The molecule has 1 saturated heterocycles. The summed E-state index contributed by atoms with van der Waals surface area (Å²) in [4.78, 5) is 28.3. The second-order valence-electron chi connectivity index (χ2n) is 9.26. The van der Waals surface area contributed by atoms with Gasteiger partial charge in [-0.2, -0.15) is 0 Å². The van der Waals surface area contributed by atoms with Gasteiger partial charge in [0.2, 0.25) is 0 Å². The van der Waals surface area contributed by atoms with Gasteiger partial charge in [0.25, 0.3) is 11.7 Å². The van der Waals surface area contributed by atoms with Crippen molar-refractivity contribution in [2.45, 2.75) is 39.3 Å². The summed E-state index contributed by atoms with van der Waals surface area (Å²) in [6.07, 6.45) is 0.663. The van der Waals surface area contributed by atoms with Crippen LogP contribution in [0.3, 0.4) is 0 Å². The molecule has 37 heavy (non-hydrogen) atoms. The molecule has 1 N–H and O–H groups in total. The van der Waals surface area contributed by atoms with Gasteiger partial charge in [-0.25, -0.2) is 0 Å². The smallest absolute Gasteiger partial charge is 0.300 e. The standard InChI is InChI=1S/C30H29NO6/c1-4-35-23-11-9-22(10-12-23)31-27(20-6-5-7-24(17-20)37-18(2)3)26(29(33)30(31)34)28(32)21-8-13-25-19(16-21)14-15-36-25/h5-13,16-18,27,32H,4,14-15H2,1-3H3/b28-26-. The summed E-state index contributed by atoms with van der Waals surface area (Å²) in [5, 5.41) is 11.5. The maximum Gasteiger partial charge on any atom is 0.300 e. The van der Waals surface area contributed by atoms with Crippen LogP contribution in [0.1, 0.15) is 43.5 Å². The third-order valence-electron chi connectivity index (χ3n) is 6.38. The predicted molar refractivity (Wildman–Crippen MR) is 140 cm³/mol. The topological polar surface area (TPSA) is 85.3 Å². The number of ether oxygens (including phenoxy) is 3. The SMILES string of the molecule is CCOc1ccc(N2C(=O)C(=O)/C(=C(\O)c3ccc4c(c3)CCO4)C2c2cccc(OC(C)C)c2)cc1. The summed E-state index contributed by atoms with van der Waals surface area (Å²) in [5.41, 5.74) is 2.62. The lowest BCUT2D eigenvalue weighted by molar-refractivity contribution is -0.132. The second kappa shape index (κ2) is 10.0. The predicted octanol–water partition coefficient (Wildman–Crippen LogP) is 5.43. The van der Waals surface area contributed by atoms with Crippen LogP contribution in [0.4, 0.5) is 5.69 Å². The highest BCUT2D eigenvalue weighted by atomic mass is 16.5. The molecule has 1 unspecified atom stereocenters. The Kier molecular flexibility index (Phi) is 6.61. The van der Waals surface area contributed by atoms with Crippen LogP contribution in [-0.2, 0) is 16.0 Å². The van der Waals surface area contributed by atoms with Gasteiger partial charge in [-0.1, -0.05) is 12.1 Å². The third kappa shape index (κ3) is 4.65. The van der Waals surface area contributed by atoms with Crippen LogP contribution < -0.4 is 19.1 Å². The fourth-order valence-electron chi connectivity index (χ4n) is 4.80. The molecule has 0 aromatic heterocycles. The Balaban J connectivity index is 1.66. The van der Waals surface area contributed by atoms with E-state index in [0.717, 1.165) is 17.7 Å². The van der Waals surface area contributed by atoms with Gasteiger partial charge in [0, 0.05) is 17.7 Å². The van der Waals surface area contributed by atoms with E-state index in [0.29, 0.717) is 41.5 Å². The molecule has 2 aliphatic heterocycles. The van der Waals surface area contributed by atoms with Crippen molar-refractivity contribution in [2.75, 3.05) is 18.1 Å². The molecule has 3 aromatic rings. The number of hydrogen-bond acceptors (Lipinski definition) is 6. The molecule has 190 valence electrons. The summed E-state index contributed by atoms with van der Waals surface area (Å²) < 4.78 is 17.0. The average Bonchev–Trinajstić information content (AvgIpc) is 3.46. The average molecular weight is 500 g/mol. The molecule has 0 radical (unpaired) electrons. The number of amides is 1. The molecule has 5 rings (SSSR count). The minimum absolute atomic E-state index is 0.0273. The number of aliphatic hydroxyl groups excluding tert-OH is 1. The van der Waals surface area contributed by atoms with Crippen molar-refractivity contribution in [3.63, 3.8) is 0 Å². The van der Waals surface area contributed by atoms with Crippen molar-refractivity contribution < 1.29 is 28.9 Å². The molecule has 2 aliphatic rings. The lowest BCUT2D eigenvalue weighted by Crippen LogP contribution is -2.29. The maximum absolute atomic E-state index is 13.5. The number of benzene rings is 3. The first kappa shape index (κ1) is 24.4. The monoisotopic (exact) mass is 499 g/mol. The number of fused-ring (bicyclic) bond motifs is 1. The minimum Gasteiger partial charge on any atom is -0.507 e. The number of Topliss-reactive ketones (excluding diaryl/α,β-unsaturated/α-hetero) is 1. The van der Waals surface area contributed by atoms with E-state index >= 15 is 0 Å². The second-order valence-corrected chi connectivity index (χ2v) is 9.26. The van der Waals surface area contributed by atoms with Gasteiger partial charge in [-0.3, -0.25) is 14.5 Å². The first-order chi connectivity index (χ1) is 17.9.